The maximum atomic E-state index is 13.7. The lowest BCUT2D eigenvalue weighted by molar-refractivity contribution is 0.0130. The van der Waals surface area contributed by atoms with E-state index in [0.717, 1.165) is 12.1 Å². The van der Waals surface area contributed by atoms with Crippen molar-refractivity contribution in [2.24, 2.45) is 0 Å². The van der Waals surface area contributed by atoms with Crippen LogP contribution in [0.2, 0.25) is 0 Å². The summed E-state index contributed by atoms with van der Waals surface area (Å²) in [5.74, 6) is -2.03. The van der Waals surface area contributed by atoms with Crippen LogP contribution in [-0.4, -0.2) is 29.0 Å². The molecule has 2 bridgehead atoms. The molecular weight excluding hydrogens is 276 g/mol. The highest BCUT2D eigenvalue weighted by Gasteiger charge is 2.53. The Bertz CT molecular complexity index is 612. The molecule has 104 valence electrons. The van der Waals surface area contributed by atoms with E-state index in [1.165, 1.54) is 0 Å². The molecule has 2 aliphatic heterocycles. The highest BCUT2D eigenvalue weighted by atomic mass is 32.2. The van der Waals surface area contributed by atoms with Crippen LogP contribution < -0.4 is 0 Å². The summed E-state index contributed by atoms with van der Waals surface area (Å²) in [6, 6.07) is 2.12. The monoisotopic (exact) mass is 289 g/mol. The Kier molecular flexibility index (Phi) is 2.69. The molecule has 0 aliphatic carbocycles. The Balaban J connectivity index is 2.02. The number of halogens is 2. The van der Waals surface area contributed by atoms with Gasteiger partial charge in [-0.1, -0.05) is 0 Å². The van der Waals surface area contributed by atoms with Crippen molar-refractivity contribution in [3.05, 3.63) is 29.6 Å². The minimum Gasteiger partial charge on any atom is -0.385 e. The van der Waals surface area contributed by atoms with Crippen LogP contribution in [0.15, 0.2) is 12.1 Å². The fourth-order valence-corrected chi connectivity index (χ4v) is 5.71. The summed E-state index contributed by atoms with van der Waals surface area (Å²) in [5, 5.41) is 9.28. The Labute approximate surface area is 109 Å². The van der Waals surface area contributed by atoms with Crippen LogP contribution in [0.25, 0.3) is 0 Å². The van der Waals surface area contributed by atoms with Gasteiger partial charge in [-0.05, 0) is 37.8 Å². The van der Waals surface area contributed by atoms with Crippen molar-refractivity contribution in [1.29, 1.82) is 0 Å². The SMILES string of the molecule is O=S1(=O)C2CCC1CC(O)(c1ccc(F)nc1F)C2. The molecule has 2 saturated heterocycles. The first-order valence-electron chi connectivity index (χ1n) is 6.10. The van der Waals surface area contributed by atoms with Gasteiger partial charge in [-0.2, -0.15) is 13.8 Å². The van der Waals surface area contributed by atoms with Gasteiger partial charge in [0.1, 0.15) is 0 Å². The highest BCUT2D eigenvalue weighted by molar-refractivity contribution is 7.93. The van der Waals surface area contributed by atoms with Crippen molar-refractivity contribution in [1.82, 2.24) is 4.98 Å². The zero-order chi connectivity index (χ0) is 13.8. The van der Waals surface area contributed by atoms with Gasteiger partial charge in [-0.15, -0.1) is 0 Å². The average molecular weight is 289 g/mol. The zero-order valence-electron chi connectivity index (χ0n) is 10.0. The third-order valence-electron chi connectivity index (χ3n) is 4.19. The Hall–Kier alpha value is -1.08. The van der Waals surface area contributed by atoms with Gasteiger partial charge in [0.15, 0.2) is 9.84 Å². The minimum absolute atomic E-state index is 0.0456. The summed E-state index contributed by atoms with van der Waals surface area (Å²) in [5.41, 5.74) is -1.68. The molecular formula is C12H13F2NO3S. The van der Waals surface area contributed by atoms with Gasteiger partial charge in [0, 0.05) is 5.56 Å². The second kappa shape index (κ2) is 3.96. The number of nitrogens with zero attached hydrogens (tertiary/aromatic N) is 1. The summed E-state index contributed by atoms with van der Waals surface area (Å²) in [6.45, 7) is 0. The van der Waals surface area contributed by atoms with Gasteiger partial charge in [0.25, 0.3) is 0 Å². The van der Waals surface area contributed by atoms with Crippen LogP contribution >= 0.6 is 0 Å². The molecule has 1 aromatic rings. The highest BCUT2D eigenvalue weighted by Crippen LogP contribution is 2.47. The number of hydrogen-bond donors (Lipinski definition) is 1. The van der Waals surface area contributed by atoms with Gasteiger partial charge in [-0.25, -0.2) is 8.42 Å². The first kappa shape index (κ1) is 12.9. The average Bonchev–Trinajstić information content (AvgIpc) is 2.50. The molecule has 3 heterocycles. The van der Waals surface area contributed by atoms with E-state index in [1.54, 1.807) is 0 Å². The Morgan fingerprint density at radius 2 is 1.79 bits per heavy atom. The molecule has 4 nitrogen and oxygen atoms in total. The van der Waals surface area contributed by atoms with Crippen LogP contribution in [0.5, 0.6) is 0 Å². The van der Waals surface area contributed by atoms with Crippen LogP contribution in [0.3, 0.4) is 0 Å². The molecule has 0 radical (unpaired) electrons. The van der Waals surface area contributed by atoms with Crippen molar-refractivity contribution in [2.75, 3.05) is 0 Å². The molecule has 2 atom stereocenters. The number of aromatic nitrogens is 1. The van der Waals surface area contributed by atoms with Crippen molar-refractivity contribution in [2.45, 2.75) is 41.8 Å². The topological polar surface area (TPSA) is 67.3 Å². The summed E-state index contributed by atoms with van der Waals surface area (Å²) < 4.78 is 50.4. The number of rotatable bonds is 1. The second-order valence-electron chi connectivity index (χ2n) is 5.32. The van der Waals surface area contributed by atoms with Crippen molar-refractivity contribution in [3.8, 4) is 0 Å². The lowest BCUT2D eigenvalue weighted by atomic mass is 9.86. The lowest BCUT2D eigenvalue weighted by Gasteiger charge is -2.36. The smallest absolute Gasteiger partial charge is 0.221 e. The molecule has 1 aromatic heterocycles. The van der Waals surface area contributed by atoms with Gasteiger partial charge in [0.05, 0.1) is 16.1 Å². The van der Waals surface area contributed by atoms with Crippen molar-refractivity contribution in [3.63, 3.8) is 0 Å². The number of pyridine rings is 1. The van der Waals surface area contributed by atoms with E-state index in [-0.39, 0.29) is 18.4 Å². The fourth-order valence-electron chi connectivity index (χ4n) is 3.22. The molecule has 3 rings (SSSR count). The predicted molar refractivity (Wildman–Crippen MR) is 63.0 cm³/mol. The second-order valence-corrected chi connectivity index (χ2v) is 7.83. The van der Waals surface area contributed by atoms with Gasteiger partial charge >= 0.3 is 0 Å². The largest absolute Gasteiger partial charge is 0.385 e. The van der Waals surface area contributed by atoms with Crippen LogP contribution in [0, 0.1) is 11.9 Å². The molecule has 0 saturated carbocycles. The van der Waals surface area contributed by atoms with Crippen molar-refractivity contribution < 1.29 is 22.3 Å². The summed E-state index contributed by atoms with van der Waals surface area (Å²) >= 11 is 0. The molecule has 0 spiro atoms. The zero-order valence-corrected chi connectivity index (χ0v) is 10.8. The van der Waals surface area contributed by atoms with Crippen LogP contribution in [0.4, 0.5) is 8.78 Å². The quantitative estimate of drug-likeness (QED) is 0.791. The maximum absolute atomic E-state index is 13.7. The number of sulfone groups is 1. The summed E-state index contributed by atoms with van der Waals surface area (Å²) in [7, 11) is -3.21. The third kappa shape index (κ3) is 1.87. The van der Waals surface area contributed by atoms with E-state index in [2.05, 4.69) is 4.98 Å². The normalized spacial score (nSPS) is 36.4. The molecule has 2 aliphatic rings. The molecule has 0 amide bonds. The Morgan fingerprint density at radius 3 is 2.32 bits per heavy atom. The molecule has 2 unspecified atom stereocenters. The summed E-state index contributed by atoms with van der Waals surface area (Å²) in [4.78, 5) is 3.06. The maximum Gasteiger partial charge on any atom is 0.221 e. The van der Waals surface area contributed by atoms with Crippen LogP contribution in [-0.2, 0) is 15.4 Å². The minimum atomic E-state index is -3.21. The number of aliphatic hydroxyl groups is 1. The first-order valence-corrected chi connectivity index (χ1v) is 7.71. The molecule has 19 heavy (non-hydrogen) atoms. The summed E-state index contributed by atoms with van der Waals surface area (Å²) in [6.07, 6.45) is 0.892. The number of fused-ring (bicyclic) bond motifs is 2. The van der Waals surface area contributed by atoms with E-state index in [4.69, 9.17) is 0 Å². The van der Waals surface area contributed by atoms with E-state index in [1.807, 2.05) is 0 Å². The van der Waals surface area contributed by atoms with E-state index in [9.17, 15) is 22.3 Å². The predicted octanol–water partition coefficient (Wildman–Crippen LogP) is 1.29. The van der Waals surface area contributed by atoms with Crippen molar-refractivity contribution >= 4 is 9.84 Å². The lowest BCUT2D eigenvalue weighted by Crippen LogP contribution is -2.43. The molecule has 2 fully saturated rings. The Morgan fingerprint density at radius 1 is 1.21 bits per heavy atom. The molecule has 7 heteroatoms. The van der Waals surface area contributed by atoms with E-state index < -0.39 is 37.8 Å². The standard InChI is InChI=1S/C12H13F2NO3S/c13-10-4-3-9(11(14)15-10)12(16)5-7-1-2-8(6-12)19(7,17)18/h3-4,7-8,16H,1-2,5-6H2. The molecule has 1 N–H and O–H groups in total. The van der Waals surface area contributed by atoms with Crippen LogP contribution in [0.1, 0.15) is 31.2 Å². The fraction of sp³-hybridized carbons (Fsp3) is 0.583. The van der Waals surface area contributed by atoms with Gasteiger partial charge < -0.3 is 5.11 Å². The van der Waals surface area contributed by atoms with Gasteiger partial charge in [-0.3, -0.25) is 0 Å². The first-order chi connectivity index (χ1) is 8.83. The van der Waals surface area contributed by atoms with E-state index in [0.29, 0.717) is 12.8 Å². The van der Waals surface area contributed by atoms with E-state index >= 15 is 0 Å². The van der Waals surface area contributed by atoms with Gasteiger partial charge in [0.2, 0.25) is 11.9 Å². The third-order valence-corrected chi connectivity index (χ3v) is 6.85. The number of hydrogen-bond acceptors (Lipinski definition) is 4. The molecule has 0 aromatic carbocycles.